The summed E-state index contributed by atoms with van der Waals surface area (Å²) in [6.07, 6.45) is -0.970. The smallest absolute Gasteiger partial charge is 0.308 e. The predicted molar refractivity (Wildman–Crippen MR) is 38.7 cm³/mol. The highest BCUT2D eigenvalue weighted by atomic mass is 16.5. The van der Waals surface area contributed by atoms with Crippen LogP contribution < -0.4 is 0 Å². The molecule has 0 fully saturated rings. The van der Waals surface area contributed by atoms with E-state index in [4.69, 9.17) is 11.7 Å². The summed E-state index contributed by atoms with van der Waals surface area (Å²) in [6.45, 7) is 8.35. The van der Waals surface area contributed by atoms with Gasteiger partial charge in [0.2, 0.25) is 6.54 Å². The molecule has 0 bridgehead atoms. The molecule has 4 nitrogen and oxygen atoms in total. The number of aliphatic hydroxyl groups is 1. The summed E-state index contributed by atoms with van der Waals surface area (Å²) in [4.78, 5) is 13.6. The molecule has 0 heterocycles. The van der Waals surface area contributed by atoms with Gasteiger partial charge in [0.1, 0.15) is 6.10 Å². The molecule has 1 unspecified atom stereocenters. The second-order valence-electron chi connectivity index (χ2n) is 2.00. The first-order valence-corrected chi connectivity index (χ1v) is 3.37. The average molecular weight is 157 g/mol. The number of nitrogens with zero attached hydrogens (tertiary/aromatic N) is 1. The van der Waals surface area contributed by atoms with Crippen molar-refractivity contribution in [3.8, 4) is 0 Å². The lowest BCUT2D eigenvalue weighted by molar-refractivity contribution is -0.145. The van der Waals surface area contributed by atoms with E-state index in [2.05, 4.69) is 9.58 Å². The van der Waals surface area contributed by atoms with Crippen LogP contribution in [0, 0.1) is 6.57 Å². The van der Waals surface area contributed by atoms with Crippen molar-refractivity contribution in [1.29, 1.82) is 0 Å². The second-order valence-corrected chi connectivity index (χ2v) is 2.00. The number of aliphatic hydroxyl groups excluding tert-OH is 1. The number of esters is 1. The molecule has 11 heavy (non-hydrogen) atoms. The van der Waals surface area contributed by atoms with E-state index in [1.54, 1.807) is 6.92 Å². The van der Waals surface area contributed by atoms with Crippen LogP contribution in [0.15, 0.2) is 0 Å². The maximum absolute atomic E-state index is 10.6. The fourth-order valence-corrected chi connectivity index (χ4v) is 0.582. The van der Waals surface area contributed by atoms with Crippen LogP contribution >= 0.6 is 0 Å². The van der Waals surface area contributed by atoms with Crippen LogP contribution in [0.4, 0.5) is 0 Å². The first-order valence-electron chi connectivity index (χ1n) is 3.37. The van der Waals surface area contributed by atoms with E-state index in [0.29, 0.717) is 6.61 Å². The Morgan fingerprint density at radius 3 is 2.91 bits per heavy atom. The molecule has 62 valence electrons. The lowest BCUT2D eigenvalue weighted by Gasteiger charge is -2.02. The van der Waals surface area contributed by atoms with Gasteiger partial charge in [-0.05, 0) is 6.92 Å². The fourth-order valence-electron chi connectivity index (χ4n) is 0.582. The molecule has 0 radical (unpaired) electrons. The SMILES string of the molecule is [C-]#[N+]CC(O)CC(=O)OCC. The summed E-state index contributed by atoms with van der Waals surface area (Å²) < 4.78 is 4.56. The van der Waals surface area contributed by atoms with Crippen LogP contribution in [0.2, 0.25) is 0 Å². The topological polar surface area (TPSA) is 50.9 Å². The van der Waals surface area contributed by atoms with Gasteiger partial charge < -0.3 is 14.7 Å². The Bertz CT molecular complexity index is 162. The van der Waals surface area contributed by atoms with E-state index in [9.17, 15) is 4.79 Å². The van der Waals surface area contributed by atoms with Gasteiger partial charge in [0.05, 0.1) is 13.0 Å². The molecular formula is C7H11NO3. The van der Waals surface area contributed by atoms with Gasteiger partial charge >= 0.3 is 5.97 Å². The third kappa shape index (κ3) is 5.37. The monoisotopic (exact) mass is 157 g/mol. The average Bonchev–Trinajstić information content (AvgIpc) is 1.87. The van der Waals surface area contributed by atoms with Crippen LogP contribution in [0.5, 0.6) is 0 Å². The molecular weight excluding hydrogens is 146 g/mol. The van der Waals surface area contributed by atoms with Crippen molar-refractivity contribution >= 4 is 5.97 Å². The molecule has 0 amide bonds. The van der Waals surface area contributed by atoms with Crippen molar-refractivity contribution < 1.29 is 14.6 Å². The van der Waals surface area contributed by atoms with Crippen LogP contribution in [0.3, 0.4) is 0 Å². The van der Waals surface area contributed by atoms with Crippen molar-refractivity contribution in [3.05, 3.63) is 11.4 Å². The second kappa shape index (κ2) is 5.69. The Labute approximate surface area is 65.6 Å². The minimum absolute atomic E-state index is 0.0428. The van der Waals surface area contributed by atoms with Crippen LogP contribution in [0.25, 0.3) is 4.85 Å². The largest absolute Gasteiger partial charge is 0.466 e. The molecule has 0 aromatic heterocycles. The molecule has 1 atom stereocenters. The summed E-state index contributed by atoms with van der Waals surface area (Å²) in [5, 5.41) is 8.93. The van der Waals surface area contributed by atoms with Gasteiger partial charge in [-0.1, -0.05) is 0 Å². The number of carbonyl (C=O) groups is 1. The molecule has 0 saturated heterocycles. The summed E-state index contributed by atoms with van der Waals surface area (Å²) in [5.74, 6) is -0.455. The van der Waals surface area contributed by atoms with E-state index in [1.165, 1.54) is 0 Å². The number of rotatable bonds is 4. The van der Waals surface area contributed by atoms with Gasteiger partial charge in [0.15, 0.2) is 0 Å². The third-order valence-corrected chi connectivity index (χ3v) is 1.01. The lowest BCUT2D eigenvalue weighted by atomic mass is 10.2. The van der Waals surface area contributed by atoms with Gasteiger partial charge in [-0.15, -0.1) is 0 Å². The van der Waals surface area contributed by atoms with Crippen LogP contribution in [-0.2, 0) is 9.53 Å². The maximum atomic E-state index is 10.6. The first-order chi connectivity index (χ1) is 5.20. The van der Waals surface area contributed by atoms with Crippen molar-refractivity contribution in [1.82, 2.24) is 0 Å². The van der Waals surface area contributed by atoms with Gasteiger partial charge in [0, 0.05) is 0 Å². The zero-order valence-electron chi connectivity index (χ0n) is 6.41. The van der Waals surface area contributed by atoms with E-state index in [0.717, 1.165) is 0 Å². The van der Waals surface area contributed by atoms with Gasteiger partial charge in [-0.2, -0.15) is 0 Å². The van der Waals surface area contributed by atoms with Gasteiger partial charge in [-0.3, -0.25) is 4.79 Å². The van der Waals surface area contributed by atoms with E-state index in [-0.39, 0.29) is 13.0 Å². The Morgan fingerprint density at radius 1 is 1.82 bits per heavy atom. The standard InChI is InChI=1S/C7H11NO3/c1-3-11-7(10)4-6(9)5-8-2/h6,9H,3-5H2,1H3. The summed E-state index contributed by atoms with van der Waals surface area (Å²) >= 11 is 0. The molecule has 0 spiro atoms. The molecule has 1 N–H and O–H groups in total. The minimum Gasteiger partial charge on any atom is -0.466 e. The van der Waals surface area contributed by atoms with Crippen LogP contribution in [0.1, 0.15) is 13.3 Å². The molecule has 0 aromatic carbocycles. The number of carbonyl (C=O) groups excluding carboxylic acids is 1. The minimum atomic E-state index is -0.883. The first kappa shape index (κ1) is 9.92. The Kier molecular flexibility index (Phi) is 5.13. The predicted octanol–water partition coefficient (Wildman–Crippen LogP) is 0.220. The van der Waals surface area contributed by atoms with Crippen molar-refractivity contribution in [2.24, 2.45) is 0 Å². The molecule has 0 aliphatic heterocycles. The Hall–Kier alpha value is -1.08. The van der Waals surface area contributed by atoms with Gasteiger partial charge in [0.25, 0.3) is 0 Å². The molecule has 0 aromatic rings. The highest BCUT2D eigenvalue weighted by molar-refractivity contribution is 5.69. The van der Waals surface area contributed by atoms with E-state index in [1.807, 2.05) is 0 Å². The Balaban J connectivity index is 3.50. The third-order valence-electron chi connectivity index (χ3n) is 1.01. The highest BCUT2D eigenvalue weighted by Gasteiger charge is 2.12. The molecule has 0 saturated carbocycles. The molecule has 0 rings (SSSR count). The number of ether oxygens (including phenoxy) is 1. The molecule has 4 heteroatoms. The summed E-state index contributed by atoms with van der Waals surface area (Å²) in [7, 11) is 0. The summed E-state index contributed by atoms with van der Waals surface area (Å²) in [6, 6.07) is 0. The zero-order chi connectivity index (χ0) is 8.69. The normalized spacial score (nSPS) is 11.7. The lowest BCUT2D eigenvalue weighted by Crippen LogP contribution is -2.17. The van der Waals surface area contributed by atoms with Crippen LogP contribution in [-0.4, -0.2) is 30.3 Å². The zero-order valence-corrected chi connectivity index (χ0v) is 6.41. The van der Waals surface area contributed by atoms with E-state index >= 15 is 0 Å². The Morgan fingerprint density at radius 2 is 2.45 bits per heavy atom. The number of hydrogen-bond donors (Lipinski definition) is 1. The quantitative estimate of drug-likeness (QED) is 0.469. The van der Waals surface area contributed by atoms with Crippen molar-refractivity contribution in [2.75, 3.05) is 13.2 Å². The molecule has 0 aliphatic carbocycles. The van der Waals surface area contributed by atoms with Crippen molar-refractivity contribution in [3.63, 3.8) is 0 Å². The highest BCUT2D eigenvalue weighted by Crippen LogP contribution is 1.94. The van der Waals surface area contributed by atoms with Gasteiger partial charge in [-0.25, -0.2) is 6.57 Å². The molecule has 0 aliphatic rings. The number of hydrogen-bond acceptors (Lipinski definition) is 3. The summed E-state index contributed by atoms with van der Waals surface area (Å²) in [5.41, 5.74) is 0. The van der Waals surface area contributed by atoms with E-state index < -0.39 is 12.1 Å². The fraction of sp³-hybridized carbons (Fsp3) is 0.714. The van der Waals surface area contributed by atoms with Crippen molar-refractivity contribution in [2.45, 2.75) is 19.4 Å². The maximum Gasteiger partial charge on any atom is 0.308 e.